The van der Waals surface area contributed by atoms with E-state index in [1.165, 1.54) is 29.3 Å². The van der Waals surface area contributed by atoms with E-state index in [1.807, 2.05) is 37.3 Å². The number of benzene rings is 1. The Balaban J connectivity index is 1.97. The number of hydrogen-bond acceptors (Lipinski definition) is 5. The Labute approximate surface area is 153 Å². The van der Waals surface area contributed by atoms with Gasteiger partial charge in [0.1, 0.15) is 11.4 Å². The smallest absolute Gasteiger partial charge is 0.263 e. The number of carbonyl (C=O) groups is 2. The Morgan fingerprint density at radius 1 is 1.19 bits per heavy atom. The molecule has 3 rings (SSSR count). The van der Waals surface area contributed by atoms with Crippen molar-refractivity contribution >= 4 is 33.4 Å². The van der Waals surface area contributed by atoms with Gasteiger partial charge < -0.3 is 10.6 Å². The third kappa shape index (κ3) is 3.50. The van der Waals surface area contributed by atoms with Crippen molar-refractivity contribution in [2.24, 2.45) is 0 Å². The Kier molecular flexibility index (Phi) is 5.13. The molecule has 0 saturated heterocycles. The van der Waals surface area contributed by atoms with Gasteiger partial charge in [0.2, 0.25) is 11.8 Å². The molecular weight excluding hydrogens is 352 g/mol. The molecule has 0 unspecified atom stereocenters. The molecule has 0 bridgehead atoms. The SMILES string of the molecule is CNC(=O)CNC(=O)Cn1cnc2sc(C)c(-c3ccccc3)c2c1=O. The molecule has 2 N–H and O–H groups in total. The van der Waals surface area contributed by atoms with Crippen LogP contribution in [-0.4, -0.2) is 35.0 Å². The van der Waals surface area contributed by atoms with Gasteiger partial charge in [-0.25, -0.2) is 4.98 Å². The van der Waals surface area contributed by atoms with E-state index in [2.05, 4.69) is 15.6 Å². The molecule has 0 spiro atoms. The van der Waals surface area contributed by atoms with E-state index < -0.39 is 5.91 Å². The fourth-order valence-corrected chi connectivity index (χ4v) is 3.68. The molecular formula is C18H18N4O3S. The number of rotatable bonds is 5. The van der Waals surface area contributed by atoms with Gasteiger partial charge in [0.15, 0.2) is 0 Å². The lowest BCUT2D eigenvalue weighted by Crippen LogP contribution is -2.38. The van der Waals surface area contributed by atoms with Crippen LogP contribution in [0.1, 0.15) is 4.88 Å². The van der Waals surface area contributed by atoms with Gasteiger partial charge in [-0.05, 0) is 12.5 Å². The molecule has 0 fully saturated rings. The maximum absolute atomic E-state index is 12.9. The summed E-state index contributed by atoms with van der Waals surface area (Å²) in [5, 5.41) is 5.40. The summed E-state index contributed by atoms with van der Waals surface area (Å²) in [7, 11) is 1.49. The number of aryl methyl sites for hydroxylation is 1. The summed E-state index contributed by atoms with van der Waals surface area (Å²) in [5.41, 5.74) is 1.52. The normalized spacial score (nSPS) is 10.7. The molecule has 3 aromatic rings. The van der Waals surface area contributed by atoms with E-state index in [9.17, 15) is 14.4 Å². The number of hydrogen-bond donors (Lipinski definition) is 2. The van der Waals surface area contributed by atoms with Gasteiger partial charge in [-0.1, -0.05) is 30.3 Å². The molecule has 0 saturated carbocycles. The van der Waals surface area contributed by atoms with Crippen molar-refractivity contribution in [2.45, 2.75) is 13.5 Å². The van der Waals surface area contributed by atoms with Crippen LogP contribution in [-0.2, 0) is 16.1 Å². The van der Waals surface area contributed by atoms with Crippen molar-refractivity contribution in [1.82, 2.24) is 20.2 Å². The van der Waals surface area contributed by atoms with Crippen LogP contribution in [0.25, 0.3) is 21.3 Å². The highest BCUT2D eigenvalue weighted by Crippen LogP contribution is 2.35. The Morgan fingerprint density at radius 2 is 1.92 bits per heavy atom. The first-order chi connectivity index (χ1) is 12.5. The number of nitrogens with one attached hydrogen (secondary N) is 2. The predicted molar refractivity (Wildman–Crippen MR) is 101 cm³/mol. The Hall–Kier alpha value is -3.00. The second-order valence-corrected chi connectivity index (χ2v) is 6.91. The Bertz CT molecular complexity index is 1020. The number of carbonyl (C=O) groups excluding carboxylic acids is 2. The van der Waals surface area contributed by atoms with Gasteiger partial charge in [-0.15, -0.1) is 11.3 Å². The number of nitrogens with zero attached hydrogens (tertiary/aromatic N) is 2. The summed E-state index contributed by atoms with van der Waals surface area (Å²) in [4.78, 5) is 42.1. The maximum atomic E-state index is 12.9. The van der Waals surface area contributed by atoms with Gasteiger partial charge in [0.05, 0.1) is 18.3 Å². The Morgan fingerprint density at radius 3 is 2.62 bits per heavy atom. The number of fused-ring (bicyclic) bond motifs is 1. The van der Waals surface area contributed by atoms with Crippen molar-refractivity contribution in [3.63, 3.8) is 0 Å². The van der Waals surface area contributed by atoms with Gasteiger partial charge >= 0.3 is 0 Å². The molecule has 0 radical (unpaired) electrons. The van der Waals surface area contributed by atoms with E-state index >= 15 is 0 Å². The van der Waals surface area contributed by atoms with Crippen LogP contribution in [0.15, 0.2) is 41.5 Å². The third-order valence-corrected chi connectivity index (χ3v) is 4.97. The molecule has 8 heteroatoms. The molecule has 134 valence electrons. The number of amides is 2. The molecule has 0 aliphatic heterocycles. The lowest BCUT2D eigenvalue weighted by Gasteiger charge is -2.07. The second kappa shape index (κ2) is 7.49. The zero-order valence-corrected chi connectivity index (χ0v) is 15.2. The molecule has 0 aliphatic carbocycles. The quantitative estimate of drug-likeness (QED) is 0.708. The molecule has 2 aromatic heterocycles. The molecule has 26 heavy (non-hydrogen) atoms. The van der Waals surface area contributed by atoms with E-state index in [-0.39, 0.29) is 24.6 Å². The lowest BCUT2D eigenvalue weighted by molar-refractivity contribution is -0.126. The van der Waals surface area contributed by atoms with Crippen LogP contribution in [0, 0.1) is 6.92 Å². The van der Waals surface area contributed by atoms with E-state index in [1.54, 1.807) is 0 Å². The van der Waals surface area contributed by atoms with E-state index in [0.717, 1.165) is 16.0 Å². The minimum atomic E-state index is -0.426. The van der Waals surface area contributed by atoms with Gasteiger partial charge in [-0.3, -0.25) is 19.0 Å². The summed E-state index contributed by atoms with van der Waals surface area (Å²) < 4.78 is 1.26. The fraction of sp³-hybridized carbons (Fsp3) is 0.222. The van der Waals surface area contributed by atoms with Crippen molar-refractivity contribution in [3.05, 3.63) is 51.9 Å². The van der Waals surface area contributed by atoms with Gasteiger partial charge in [0, 0.05) is 17.5 Å². The molecule has 2 heterocycles. The third-order valence-electron chi connectivity index (χ3n) is 3.96. The number of likely N-dealkylation sites (N-methyl/N-ethyl adjacent to an activating group) is 1. The first-order valence-electron chi connectivity index (χ1n) is 8.02. The van der Waals surface area contributed by atoms with Crippen LogP contribution >= 0.6 is 11.3 Å². The fourth-order valence-electron chi connectivity index (χ4n) is 2.68. The molecule has 2 amide bonds. The van der Waals surface area contributed by atoms with Crippen molar-refractivity contribution < 1.29 is 9.59 Å². The molecule has 1 aromatic carbocycles. The predicted octanol–water partition coefficient (Wildman–Crippen LogP) is 1.30. The van der Waals surface area contributed by atoms with Crippen LogP contribution in [0.3, 0.4) is 0 Å². The highest BCUT2D eigenvalue weighted by molar-refractivity contribution is 7.19. The summed E-state index contributed by atoms with van der Waals surface area (Å²) in [6.07, 6.45) is 1.37. The van der Waals surface area contributed by atoms with Crippen LogP contribution in [0.2, 0.25) is 0 Å². The molecule has 0 aliphatic rings. The van der Waals surface area contributed by atoms with Crippen molar-refractivity contribution in [3.8, 4) is 11.1 Å². The molecule has 0 atom stereocenters. The van der Waals surface area contributed by atoms with Crippen molar-refractivity contribution in [1.29, 1.82) is 0 Å². The van der Waals surface area contributed by atoms with Crippen molar-refractivity contribution in [2.75, 3.05) is 13.6 Å². The largest absolute Gasteiger partial charge is 0.358 e. The summed E-state index contributed by atoms with van der Waals surface area (Å²) in [6.45, 7) is 1.63. The highest BCUT2D eigenvalue weighted by atomic mass is 32.1. The average Bonchev–Trinajstić information content (AvgIpc) is 2.99. The first-order valence-corrected chi connectivity index (χ1v) is 8.84. The first kappa shape index (κ1) is 17.8. The van der Waals surface area contributed by atoms with E-state index in [0.29, 0.717) is 10.2 Å². The van der Waals surface area contributed by atoms with E-state index in [4.69, 9.17) is 0 Å². The summed E-state index contributed by atoms with van der Waals surface area (Å²) in [6, 6.07) is 9.64. The highest BCUT2D eigenvalue weighted by Gasteiger charge is 2.17. The topological polar surface area (TPSA) is 93.1 Å². The summed E-state index contributed by atoms with van der Waals surface area (Å²) in [5.74, 6) is -0.732. The second-order valence-electron chi connectivity index (χ2n) is 5.71. The van der Waals surface area contributed by atoms with Gasteiger partial charge in [0.25, 0.3) is 5.56 Å². The van der Waals surface area contributed by atoms with Gasteiger partial charge in [-0.2, -0.15) is 0 Å². The number of aromatic nitrogens is 2. The minimum absolute atomic E-state index is 0.132. The standard InChI is InChI=1S/C18H18N4O3S/c1-11-15(12-6-4-3-5-7-12)16-17(26-11)21-10-22(18(16)25)9-14(24)20-8-13(23)19-2/h3-7,10H,8-9H2,1-2H3,(H,19,23)(H,20,24). The number of thiophene rings is 1. The van der Waals surface area contributed by atoms with Crippen LogP contribution < -0.4 is 16.2 Å². The zero-order chi connectivity index (χ0) is 18.7. The monoisotopic (exact) mass is 370 g/mol. The minimum Gasteiger partial charge on any atom is -0.358 e. The maximum Gasteiger partial charge on any atom is 0.263 e. The molecule has 7 nitrogen and oxygen atoms in total. The average molecular weight is 370 g/mol. The van der Waals surface area contributed by atoms with Crippen LogP contribution in [0.5, 0.6) is 0 Å². The lowest BCUT2D eigenvalue weighted by atomic mass is 10.0. The summed E-state index contributed by atoms with van der Waals surface area (Å²) >= 11 is 1.45. The van der Waals surface area contributed by atoms with Crippen LogP contribution in [0.4, 0.5) is 0 Å². The zero-order valence-electron chi connectivity index (χ0n) is 14.4.